The van der Waals surface area contributed by atoms with Gasteiger partial charge in [-0.3, -0.25) is 0 Å². The molecule has 3 fully saturated rings. The van der Waals surface area contributed by atoms with Crippen molar-refractivity contribution in [1.29, 1.82) is 0 Å². The van der Waals surface area contributed by atoms with E-state index in [4.69, 9.17) is 0 Å². The lowest BCUT2D eigenvalue weighted by Crippen LogP contribution is -2.38. The number of rotatable bonds is 3. The zero-order valence-electron chi connectivity index (χ0n) is 17.2. The Bertz CT molecular complexity index is 612. The molecule has 3 aliphatic rings. The van der Waals surface area contributed by atoms with Gasteiger partial charge in [-0.15, -0.1) is 0 Å². The molecule has 3 aliphatic carbocycles. The van der Waals surface area contributed by atoms with Crippen LogP contribution in [0.15, 0.2) is 35.5 Å². The van der Waals surface area contributed by atoms with E-state index in [0.29, 0.717) is 23.8 Å². The van der Waals surface area contributed by atoms with Crippen LogP contribution in [0.25, 0.3) is 0 Å². The topological polar surface area (TPSA) is 40.5 Å². The molecule has 0 bridgehead atoms. The molecule has 2 unspecified atom stereocenters. The van der Waals surface area contributed by atoms with Crippen molar-refractivity contribution in [2.75, 3.05) is 0 Å². The first-order valence-electron chi connectivity index (χ1n) is 10.7. The van der Waals surface area contributed by atoms with Gasteiger partial charge in [0.2, 0.25) is 0 Å². The van der Waals surface area contributed by atoms with E-state index < -0.39 is 11.7 Å². The Hall–Kier alpha value is -0.860. The van der Waals surface area contributed by atoms with E-state index in [2.05, 4.69) is 39.5 Å². The molecule has 0 aromatic carbocycles. The fourth-order valence-electron chi connectivity index (χ4n) is 6.21. The smallest absolute Gasteiger partial charge is 0.0888 e. The Labute approximate surface area is 160 Å². The van der Waals surface area contributed by atoms with Crippen LogP contribution in [-0.2, 0) is 0 Å². The highest BCUT2D eigenvalue weighted by Gasteiger charge is 2.50. The average Bonchev–Trinajstić information content (AvgIpc) is 2.94. The predicted octanol–water partition coefficient (Wildman–Crippen LogP) is 5.56. The van der Waals surface area contributed by atoms with Crippen molar-refractivity contribution in [3.05, 3.63) is 35.5 Å². The van der Waals surface area contributed by atoms with E-state index in [0.717, 1.165) is 23.3 Å². The first-order chi connectivity index (χ1) is 12.2. The van der Waals surface area contributed by atoms with Crippen molar-refractivity contribution in [2.45, 2.75) is 90.8 Å². The zero-order chi connectivity index (χ0) is 19.1. The van der Waals surface area contributed by atoms with Gasteiger partial charge in [-0.2, -0.15) is 0 Å². The Morgan fingerprint density at radius 2 is 2.00 bits per heavy atom. The summed E-state index contributed by atoms with van der Waals surface area (Å²) in [4.78, 5) is 0. The summed E-state index contributed by atoms with van der Waals surface area (Å²) in [5.74, 6) is 2.39. The SMILES string of the molecule is C=C1[C@H](O)C/C(=C\C=C2/CCC[C@@]3(C)C2CCC3[C@H](C)CC)C[C@@]1(C)O. The van der Waals surface area contributed by atoms with Crippen LogP contribution in [0.4, 0.5) is 0 Å². The molecule has 0 aromatic rings. The van der Waals surface area contributed by atoms with Gasteiger partial charge >= 0.3 is 0 Å². The molecule has 2 heteroatoms. The quantitative estimate of drug-likeness (QED) is 0.648. The van der Waals surface area contributed by atoms with E-state index in [9.17, 15) is 10.2 Å². The lowest BCUT2D eigenvalue weighted by molar-refractivity contribution is 0.0480. The minimum absolute atomic E-state index is 0.462. The second-order valence-electron chi connectivity index (χ2n) is 9.74. The van der Waals surface area contributed by atoms with Crippen molar-refractivity contribution in [2.24, 2.45) is 23.2 Å². The first kappa shape index (κ1) is 19.9. The molecule has 2 N–H and O–H groups in total. The van der Waals surface area contributed by atoms with Crippen molar-refractivity contribution in [1.82, 2.24) is 0 Å². The van der Waals surface area contributed by atoms with E-state index in [1.807, 2.05) is 0 Å². The van der Waals surface area contributed by atoms with Crippen LogP contribution in [0.5, 0.6) is 0 Å². The van der Waals surface area contributed by atoms with Gasteiger partial charge in [0.25, 0.3) is 0 Å². The monoisotopic (exact) mass is 358 g/mol. The summed E-state index contributed by atoms with van der Waals surface area (Å²) in [6, 6.07) is 0. The van der Waals surface area contributed by atoms with Gasteiger partial charge in [0.15, 0.2) is 0 Å². The number of hydrogen-bond acceptors (Lipinski definition) is 2. The number of fused-ring (bicyclic) bond motifs is 1. The average molecular weight is 359 g/mol. The van der Waals surface area contributed by atoms with Crippen LogP contribution >= 0.6 is 0 Å². The van der Waals surface area contributed by atoms with Crippen LogP contribution < -0.4 is 0 Å². The molecule has 3 rings (SSSR count). The molecule has 146 valence electrons. The Morgan fingerprint density at radius 1 is 1.27 bits per heavy atom. The molecule has 0 radical (unpaired) electrons. The highest BCUT2D eigenvalue weighted by Crippen LogP contribution is 2.59. The van der Waals surface area contributed by atoms with E-state index in [1.54, 1.807) is 12.5 Å². The van der Waals surface area contributed by atoms with Gasteiger partial charge in [0.05, 0.1) is 11.7 Å². The van der Waals surface area contributed by atoms with Gasteiger partial charge in [0, 0.05) is 6.42 Å². The molecule has 0 aliphatic heterocycles. The molecule has 0 saturated heterocycles. The van der Waals surface area contributed by atoms with Gasteiger partial charge in [-0.05, 0) is 74.2 Å². The zero-order valence-corrected chi connectivity index (χ0v) is 17.2. The molecule has 3 saturated carbocycles. The van der Waals surface area contributed by atoms with Crippen LogP contribution in [0.2, 0.25) is 0 Å². The molecule has 0 amide bonds. The summed E-state index contributed by atoms with van der Waals surface area (Å²) in [5, 5.41) is 20.7. The van der Waals surface area contributed by atoms with Crippen LogP contribution in [0.1, 0.15) is 79.1 Å². The van der Waals surface area contributed by atoms with Crippen LogP contribution in [0, 0.1) is 23.2 Å². The number of allylic oxidation sites excluding steroid dienone is 3. The van der Waals surface area contributed by atoms with Crippen molar-refractivity contribution >= 4 is 0 Å². The van der Waals surface area contributed by atoms with E-state index in [-0.39, 0.29) is 0 Å². The van der Waals surface area contributed by atoms with E-state index >= 15 is 0 Å². The number of hydrogen-bond donors (Lipinski definition) is 2. The molecule has 2 nitrogen and oxygen atoms in total. The van der Waals surface area contributed by atoms with Crippen LogP contribution in [-0.4, -0.2) is 21.9 Å². The summed E-state index contributed by atoms with van der Waals surface area (Å²) >= 11 is 0. The van der Waals surface area contributed by atoms with Gasteiger partial charge in [-0.25, -0.2) is 0 Å². The summed E-state index contributed by atoms with van der Waals surface area (Å²) in [5.41, 5.74) is 2.78. The summed E-state index contributed by atoms with van der Waals surface area (Å²) in [7, 11) is 0. The van der Waals surface area contributed by atoms with Gasteiger partial charge in [-0.1, -0.05) is 57.1 Å². The molecule has 0 aromatic heterocycles. The largest absolute Gasteiger partial charge is 0.388 e. The lowest BCUT2D eigenvalue weighted by atomic mass is 9.61. The third-order valence-electron chi connectivity index (χ3n) is 8.02. The molecule has 6 atom stereocenters. The Balaban J connectivity index is 1.80. The minimum Gasteiger partial charge on any atom is -0.388 e. The first-order valence-corrected chi connectivity index (χ1v) is 10.7. The fourth-order valence-corrected chi connectivity index (χ4v) is 6.21. The number of aliphatic hydroxyl groups is 2. The molecular weight excluding hydrogens is 320 g/mol. The summed E-state index contributed by atoms with van der Waals surface area (Å²) < 4.78 is 0. The standard InChI is InChI=1S/C24H38O2/c1-6-16(2)20-11-12-21-19(8-7-13-23(20,21)4)10-9-18-14-22(25)17(3)24(5,26)15-18/h9-10,16,20-22,25-26H,3,6-8,11-15H2,1-2,4-5H3/b18-9+,19-10+/t16-,20?,21?,22-,23-,24-/m1/s1. The van der Waals surface area contributed by atoms with Crippen molar-refractivity contribution in [3.8, 4) is 0 Å². The molecule has 0 spiro atoms. The summed E-state index contributed by atoms with van der Waals surface area (Å²) in [6.45, 7) is 13.0. The fraction of sp³-hybridized carbons (Fsp3) is 0.750. The van der Waals surface area contributed by atoms with E-state index in [1.165, 1.54) is 38.5 Å². The summed E-state index contributed by atoms with van der Waals surface area (Å²) in [6.07, 6.45) is 13.0. The van der Waals surface area contributed by atoms with Gasteiger partial charge < -0.3 is 10.2 Å². The minimum atomic E-state index is -0.988. The molecule has 0 heterocycles. The van der Waals surface area contributed by atoms with Crippen molar-refractivity contribution in [3.63, 3.8) is 0 Å². The third-order valence-corrected chi connectivity index (χ3v) is 8.02. The second-order valence-corrected chi connectivity index (χ2v) is 9.74. The maximum absolute atomic E-state index is 10.5. The number of aliphatic hydroxyl groups excluding tert-OH is 1. The third kappa shape index (κ3) is 3.47. The molecule has 26 heavy (non-hydrogen) atoms. The highest BCUT2D eigenvalue weighted by molar-refractivity contribution is 5.32. The highest BCUT2D eigenvalue weighted by atomic mass is 16.3. The van der Waals surface area contributed by atoms with Crippen LogP contribution in [0.3, 0.4) is 0 Å². The predicted molar refractivity (Wildman–Crippen MR) is 109 cm³/mol. The lowest BCUT2D eigenvalue weighted by Gasteiger charge is -2.44. The maximum atomic E-state index is 10.5. The molecular formula is C24H38O2. The Morgan fingerprint density at radius 3 is 2.65 bits per heavy atom. The Kier molecular flexibility index (Phi) is 5.57. The second kappa shape index (κ2) is 7.28. The van der Waals surface area contributed by atoms with Gasteiger partial charge in [0.1, 0.15) is 0 Å². The normalized spacial score (nSPS) is 45.2. The maximum Gasteiger partial charge on any atom is 0.0888 e. The van der Waals surface area contributed by atoms with Crippen molar-refractivity contribution < 1.29 is 10.2 Å².